The Morgan fingerprint density at radius 1 is 0.605 bits per heavy atom. The van der Waals surface area contributed by atoms with Crippen LogP contribution in [0.1, 0.15) is 38.4 Å². The van der Waals surface area contributed by atoms with E-state index in [2.05, 4.69) is 25.3 Å². The van der Waals surface area contributed by atoms with E-state index >= 15 is 0 Å². The van der Waals surface area contributed by atoms with Crippen molar-refractivity contribution in [3.8, 4) is 0 Å². The number of amides is 1. The van der Waals surface area contributed by atoms with Crippen LogP contribution in [0.2, 0.25) is 0 Å². The van der Waals surface area contributed by atoms with Gasteiger partial charge in [-0.1, -0.05) is 54.6 Å². The first-order chi connectivity index (χ1) is 18.7. The molecule has 0 aliphatic carbocycles. The molecule has 6 rings (SSSR count). The highest BCUT2D eigenvalue weighted by atomic mass is 16.2. The Morgan fingerprint density at radius 3 is 1.61 bits per heavy atom. The Labute approximate surface area is 220 Å². The van der Waals surface area contributed by atoms with Crippen LogP contribution >= 0.6 is 0 Å². The van der Waals surface area contributed by atoms with Crippen molar-refractivity contribution in [2.75, 3.05) is 0 Å². The van der Waals surface area contributed by atoms with Gasteiger partial charge in [0.1, 0.15) is 5.54 Å². The molecule has 0 spiro atoms. The number of carbonyl (C=O) groups is 1. The summed E-state index contributed by atoms with van der Waals surface area (Å²) < 4.78 is 0. The van der Waals surface area contributed by atoms with Crippen LogP contribution in [-0.2, 0) is 5.54 Å². The number of pyridine rings is 2. The zero-order valence-corrected chi connectivity index (χ0v) is 20.4. The lowest BCUT2D eigenvalue weighted by atomic mass is 9.78. The van der Waals surface area contributed by atoms with E-state index in [0.29, 0.717) is 5.56 Å². The van der Waals surface area contributed by atoms with E-state index < -0.39 is 5.54 Å². The molecule has 1 aliphatic heterocycles. The Balaban J connectivity index is 1.37. The average Bonchev–Trinajstić information content (AvgIpc) is 3.30. The third-order valence-electron chi connectivity index (χ3n) is 6.54. The van der Waals surface area contributed by atoms with Gasteiger partial charge in [-0.25, -0.2) is 0 Å². The van der Waals surface area contributed by atoms with Crippen molar-refractivity contribution in [2.45, 2.75) is 5.54 Å². The largest absolute Gasteiger partial charge is 0.334 e. The fourth-order valence-electron chi connectivity index (χ4n) is 4.72. The molecule has 0 fully saturated rings. The molecule has 1 amide bonds. The summed E-state index contributed by atoms with van der Waals surface area (Å²) >= 11 is 0. The van der Waals surface area contributed by atoms with Crippen LogP contribution in [0.15, 0.2) is 132 Å². The van der Waals surface area contributed by atoms with Crippen LogP contribution in [-0.4, -0.2) is 28.3 Å². The van der Waals surface area contributed by atoms with E-state index in [1.54, 1.807) is 24.8 Å². The summed E-state index contributed by atoms with van der Waals surface area (Å²) in [6.07, 6.45) is 6.95. The minimum absolute atomic E-state index is 0.102. The van der Waals surface area contributed by atoms with Gasteiger partial charge in [-0.15, -0.1) is 0 Å². The van der Waals surface area contributed by atoms with Gasteiger partial charge in [0.05, 0.1) is 35.2 Å². The van der Waals surface area contributed by atoms with Gasteiger partial charge in [-0.05, 0) is 71.3 Å². The molecule has 0 unspecified atom stereocenters. The number of benzene rings is 3. The fraction of sp³-hybridized carbons (Fsp3) is 0.0312. The molecule has 1 aliphatic rings. The highest BCUT2D eigenvalue weighted by Crippen LogP contribution is 2.43. The molecule has 38 heavy (non-hydrogen) atoms. The number of aliphatic imine (C=N–C) groups is 2. The van der Waals surface area contributed by atoms with Crippen molar-refractivity contribution in [3.63, 3.8) is 0 Å². The first-order valence-electron chi connectivity index (χ1n) is 12.3. The summed E-state index contributed by atoms with van der Waals surface area (Å²) in [6, 6.07) is 35.0. The second-order valence-electron chi connectivity index (χ2n) is 8.87. The molecule has 3 aromatic carbocycles. The van der Waals surface area contributed by atoms with E-state index in [-0.39, 0.29) is 5.91 Å². The third kappa shape index (κ3) is 4.40. The standard InChI is InChI=1S/C32H23N5O/c38-31-29-9-1-2-10-30(29)32(37-31,23-11-15-25(16-12-23)35-21-27-7-3-5-19-33-27)24-13-17-26(18-14-24)36-22-28-8-4-6-20-34-28/h1-22H,(H,37,38). The van der Waals surface area contributed by atoms with Gasteiger partial charge in [0.25, 0.3) is 5.91 Å². The summed E-state index contributed by atoms with van der Waals surface area (Å²) in [4.78, 5) is 30.8. The molecule has 182 valence electrons. The van der Waals surface area contributed by atoms with Crippen molar-refractivity contribution >= 4 is 29.7 Å². The summed E-state index contributed by atoms with van der Waals surface area (Å²) in [7, 11) is 0. The molecule has 5 aromatic rings. The predicted molar refractivity (Wildman–Crippen MR) is 150 cm³/mol. The van der Waals surface area contributed by atoms with Crippen molar-refractivity contribution in [1.29, 1.82) is 0 Å². The first kappa shape index (κ1) is 23.2. The maximum absolute atomic E-state index is 13.1. The lowest BCUT2D eigenvalue weighted by Crippen LogP contribution is -2.41. The maximum Gasteiger partial charge on any atom is 0.252 e. The Hall–Kier alpha value is -5.23. The van der Waals surface area contributed by atoms with Crippen LogP contribution in [0.25, 0.3) is 0 Å². The monoisotopic (exact) mass is 493 g/mol. The molecule has 0 saturated heterocycles. The van der Waals surface area contributed by atoms with Gasteiger partial charge in [0.15, 0.2) is 0 Å². The lowest BCUT2D eigenvalue weighted by Gasteiger charge is -2.32. The van der Waals surface area contributed by atoms with Gasteiger partial charge in [0, 0.05) is 18.0 Å². The average molecular weight is 494 g/mol. The normalized spacial score (nSPS) is 16.6. The molecule has 0 bridgehead atoms. The quantitative estimate of drug-likeness (QED) is 0.294. The highest BCUT2D eigenvalue weighted by Gasteiger charge is 2.45. The van der Waals surface area contributed by atoms with Crippen LogP contribution in [0, 0.1) is 0 Å². The number of nitrogens with zero attached hydrogens (tertiary/aromatic N) is 4. The molecule has 0 atom stereocenters. The molecular weight excluding hydrogens is 470 g/mol. The van der Waals surface area contributed by atoms with E-state index in [9.17, 15) is 4.79 Å². The van der Waals surface area contributed by atoms with Gasteiger partial charge in [-0.2, -0.15) is 0 Å². The molecule has 1 N–H and O–H groups in total. The van der Waals surface area contributed by atoms with Gasteiger partial charge in [-0.3, -0.25) is 24.7 Å². The molecule has 6 heteroatoms. The first-order valence-corrected chi connectivity index (χ1v) is 12.3. The summed E-state index contributed by atoms with van der Waals surface area (Å²) in [5, 5.41) is 3.28. The number of hydrogen-bond donors (Lipinski definition) is 1. The zero-order valence-electron chi connectivity index (χ0n) is 20.4. The second kappa shape index (κ2) is 10.0. The topological polar surface area (TPSA) is 79.6 Å². The molecule has 0 radical (unpaired) electrons. The molecule has 0 saturated carbocycles. The highest BCUT2D eigenvalue weighted by molar-refractivity contribution is 6.01. The Kier molecular flexibility index (Phi) is 6.12. The van der Waals surface area contributed by atoms with Crippen molar-refractivity contribution in [1.82, 2.24) is 15.3 Å². The van der Waals surface area contributed by atoms with E-state index in [1.165, 1.54) is 0 Å². The third-order valence-corrected chi connectivity index (χ3v) is 6.54. The van der Waals surface area contributed by atoms with E-state index in [0.717, 1.165) is 39.5 Å². The molecule has 3 heterocycles. The molecular formula is C32H23N5O. The minimum atomic E-state index is -0.833. The molecule has 6 nitrogen and oxygen atoms in total. The second-order valence-corrected chi connectivity index (χ2v) is 8.87. The van der Waals surface area contributed by atoms with Crippen molar-refractivity contribution < 1.29 is 4.79 Å². The van der Waals surface area contributed by atoms with Crippen LogP contribution < -0.4 is 5.32 Å². The van der Waals surface area contributed by atoms with E-state index in [1.807, 2.05) is 109 Å². The summed E-state index contributed by atoms with van der Waals surface area (Å²) in [6.45, 7) is 0. The Morgan fingerprint density at radius 2 is 1.11 bits per heavy atom. The number of nitrogens with one attached hydrogen (secondary N) is 1. The zero-order chi connectivity index (χ0) is 25.8. The summed E-state index contributed by atoms with van der Waals surface area (Å²) in [5.41, 5.74) is 5.81. The molecule has 2 aromatic heterocycles. The van der Waals surface area contributed by atoms with E-state index in [4.69, 9.17) is 0 Å². The number of carbonyl (C=O) groups excluding carboxylic acids is 1. The van der Waals surface area contributed by atoms with Crippen LogP contribution in [0.4, 0.5) is 11.4 Å². The van der Waals surface area contributed by atoms with Gasteiger partial charge < -0.3 is 5.32 Å². The van der Waals surface area contributed by atoms with Gasteiger partial charge >= 0.3 is 0 Å². The van der Waals surface area contributed by atoms with Crippen molar-refractivity contribution in [2.24, 2.45) is 9.98 Å². The van der Waals surface area contributed by atoms with Crippen molar-refractivity contribution in [3.05, 3.63) is 155 Å². The number of rotatable bonds is 6. The summed E-state index contributed by atoms with van der Waals surface area (Å²) in [5.74, 6) is -0.102. The smallest absolute Gasteiger partial charge is 0.252 e. The number of aromatic nitrogens is 2. The fourth-order valence-corrected chi connectivity index (χ4v) is 4.72. The number of fused-ring (bicyclic) bond motifs is 1. The SMILES string of the molecule is O=C1NC(c2ccc(N=Cc3ccccn3)cc2)(c2ccc(N=Cc3ccccn3)cc2)c2ccccc21. The minimum Gasteiger partial charge on any atom is -0.334 e. The number of hydrogen-bond acceptors (Lipinski definition) is 5. The van der Waals surface area contributed by atoms with Gasteiger partial charge in [0.2, 0.25) is 0 Å². The lowest BCUT2D eigenvalue weighted by molar-refractivity contribution is 0.0948. The Bertz CT molecular complexity index is 1530. The van der Waals surface area contributed by atoms with Crippen LogP contribution in [0.3, 0.4) is 0 Å². The predicted octanol–water partition coefficient (Wildman–Crippen LogP) is 6.01. The maximum atomic E-state index is 13.1. The van der Waals surface area contributed by atoms with Crippen LogP contribution in [0.5, 0.6) is 0 Å².